The molecule has 0 radical (unpaired) electrons. The quantitative estimate of drug-likeness (QED) is 0.314. The lowest BCUT2D eigenvalue weighted by Crippen LogP contribution is -2.51. The normalized spacial score (nSPS) is 26.9. The third-order valence-corrected chi connectivity index (χ3v) is 1.47. The Balaban J connectivity index is 2.46. The molecule has 0 aromatic heterocycles. The van der Waals surface area contributed by atoms with Gasteiger partial charge in [-0.2, -0.15) is 0 Å². The molecule has 0 bridgehead atoms. The lowest BCUT2D eigenvalue weighted by Gasteiger charge is -2.13. The molecule has 1 amide bonds. The fourth-order valence-corrected chi connectivity index (χ4v) is 0.972. The van der Waals surface area contributed by atoms with E-state index in [2.05, 4.69) is 15.3 Å². The van der Waals surface area contributed by atoms with Gasteiger partial charge in [-0.1, -0.05) is 9.98 Å². The Labute approximate surface area is 66.9 Å². The zero-order chi connectivity index (χ0) is 8.72. The molecule has 0 aromatic carbocycles. The number of amidine groups is 1. The molecule has 7 nitrogen and oxygen atoms in total. The molecule has 2 aliphatic rings. The summed E-state index contributed by atoms with van der Waals surface area (Å²) in [5, 5.41) is 13.2. The Kier molecular flexibility index (Phi) is 1.22. The van der Waals surface area contributed by atoms with Gasteiger partial charge in [0.2, 0.25) is 12.6 Å². The van der Waals surface area contributed by atoms with Crippen LogP contribution >= 0.6 is 0 Å². The van der Waals surface area contributed by atoms with Gasteiger partial charge in [0, 0.05) is 0 Å². The topological polar surface area (TPSA) is 106 Å². The lowest BCUT2D eigenvalue weighted by molar-refractivity contribution is -0.313. The summed E-state index contributed by atoms with van der Waals surface area (Å²) >= 11 is 0. The number of rotatable bonds is 0. The molecule has 0 saturated carbocycles. The van der Waals surface area contributed by atoms with Crippen molar-refractivity contribution in [2.75, 3.05) is 0 Å². The summed E-state index contributed by atoms with van der Waals surface area (Å²) in [5.41, 5.74) is 5.31. The number of nitrogens with two attached hydrogens (primary N) is 1. The van der Waals surface area contributed by atoms with Crippen LogP contribution in [0.2, 0.25) is 0 Å². The number of hydroxylamine groups is 1. The van der Waals surface area contributed by atoms with E-state index in [-0.39, 0.29) is 11.5 Å². The maximum absolute atomic E-state index is 11.0. The predicted molar refractivity (Wildman–Crippen MR) is 40.7 cm³/mol. The minimum atomic E-state index is -0.852. The van der Waals surface area contributed by atoms with Crippen LogP contribution in [0, 0.1) is 5.21 Å². The van der Waals surface area contributed by atoms with E-state index in [0.717, 1.165) is 6.34 Å². The van der Waals surface area contributed by atoms with Gasteiger partial charge in [-0.15, -0.1) is 0 Å². The highest BCUT2D eigenvalue weighted by atomic mass is 16.5. The average Bonchev–Trinajstić information content (AvgIpc) is 2.33. The predicted octanol–water partition coefficient (Wildman–Crippen LogP) is -2.25. The van der Waals surface area contributed by atoms with Crippen LogP contribution in [0.4, 0.5) is 0 Å². The second-order valence-corrected chi connectivity index (χ2v) is 2.29. The summed E-state index contributed by atoms with van der Waals surface area (Å²) in [7, 11) is 0. The molecule has 0 aliphatic carbocycles. The van der Waals surface area contributed by atoms with Gasteiger partial charge in [-0.05, 0) is 0 Å². The molecule has 0 fully saturated rings. The van der Waals surface area contributed by atoms with Crippen molar-refractivity contribution in [3.8, 4) is 0 Å². The number of hydrogen-bond acceptors (Lipinski definition) is 5. The van der Waals surface area contributed by atoms with Crippen molar-refractivity contribution in [3.05, 3.63) is 5.21 Å². The van der Waals surface area contributed by atoms with E-state index in [9.17, 15) is 10.0 Å². The van der Waals surface area contributed by atoms with Crippen LogP contribution in [0.1, 0.15) is 0 Å². The van der Waals surface area contributed by atoms with Crippen LogP contribution in [0.3, 0.4) is 0 Å². The first-order chi connectivity index (χ1) is 5.68. The van der Waals surface area contributed by atoms with Gasteiger partial charge in [0.1, 0.15) is 0 Å². The zero-order valence-electron chi connectivity index (χ0n) is 5.89. The fourth-order valence-electron chi connectivity index (χ4n) is 0.972. The van der Waals surface area contributed by atoms with Crippen molar-refractivity contribution in [1.29, 1.82) is 0 Å². The smallest absolute Gasteiger partial charge is 0.310 e. The van der Waals surface area contributed by atoms with E-state index in [1.807, 2.05) is 0 Å². The molecule has 62 valence electrons. The minimum absolute atomic E-state index is 0.0201. The number of nitrogens with zero attached hydrogens (tertiary/aromatic N) is 3. The van der Waals surface area contributed by atoms with Gasteiger partial charge >= 0.3 is 5.84 Å². The zero-order valence-corrected chi connectivity index (χ0v) is 5.89. The molecule has 2 heterocycles. The maximum atomic E-state index is 11.0. The van der Waals surface area contributed by atoms with Crippen LogP contribution in [-0.2, 0) is 4.79 Å². The highest BCUT2D eigenvalue weighted by molar-refractivity contribution is 6.67. The molecule has 2 aliphatic heterocycles. The number of aliphatic imine (C=N–C) groups is 2. The van der Waals surface area contributed by atoms with Crippen LogP contribution in [0.15, 0.2) is 9.98 Å². The molecular weight excluding hydrogens is 162 g/mol. The second kappa shape index (κ2) is 2.11. The van der Waals surface area contributed by atoms with Crippen molar-refractivity contribution >= 4 is 23.8 Å². The van der Waals surface area contributed by atoms with Crippen LogP contribution in [-0.4, -0.2) is 34.8 Å². The standard InChI is InChI=1S/C5H5N5O2/c6-5-8-3-2(4(11)9-5)7-1-10(3)12/h1,5H,6H2,(H,9,11). The van der Waals surface area contributed by atoms with E-state index in [1.165, 1.54) is 0 Å². The number of hydrogen-bond donors (Lipinski definition) is 2. The fraction of sp³-hybridized carbons (Fsp3) is 0.200. The average molecular weight is 167 g/mol. The third kappa shape index (κ3) is 0.800. The number of amides is 1. The molecule has 7 heteroatoms. The summed E-state index contributed by atoms with van der Waals surface area (Å²) in [6.07, 6.45) is 0.126. The number of nitrogens with one attached hydrogen (secondary N) is 1. The maximum Gasteiger partial charge on any atom is 0.310 e. The highest BCUT2D eigenvalue weighted by Crippen LogP contribution is 2.00. The molecule has 1 unspecified atom stereocenters. The van der Waals surface area contributed by atoms with E-state index < -0.39 is 12.2 Å². The van der Waals surface area contributed by atoms with E-state index in [0.29, 0.717) is 4.74 Å². The first kappa shape index (κ1) is 6.92. The molecule has 1 atom stereocenters. The van der Waals surface area contributed by atoms with E-state index in [4.69, 9.17) is 5.73 Å². The minimum Gasteiger partial charge on any atom is -0.740 e. The van der Waals surface area contributed by atoms with Crippen molar-refractivity contribution in [1.82, 2.24) is 5.32 Å². The first-order valence-electron chi connectivity index (χ1n) is 3.20. The molecule has 0 saturated heterocycles. The number of carbonyl (C=O) groups is 1. The van der Waals surface area contributed by atoms with Crippen LogP contribution in [0.25, 0.3) is 0 Å². The van der Waals surface area contributed by atoms with Gasteiger partial charge in [0.05, 0.1) is 0 Å². The van der Waals surface area contributed by atoms with Gasteiger partial charge in [-0.25, -0.2) is 4.74 Å². The van der Waals surface area contributed by atoms with E-state index >= 15 is 0 Å². The molecule has 0 spiro atoms. The second-order valence-electron chi connectivity index (χ2n) is 2.29. The third-order valence-electron chi connectivity index (χ3n) is 1.47. The Morgan fingerprint density at radius 1 is 1.75 bits per heavy atom. The summed E-state index contributed by atoms with van der Waals surface area (Å²) in [4.78, 5) is 18.3. The van der Waals surface area contributed by atoms with Gasteiger partial charge in [0.25, 0.3) is 11.6 Å². The monoisotopic (exact) mass is 167 g/mol. The summed E-state index contributed by atoms with van der Waals surface area (Å²) in [5.74, 6) is -0.492. The summed E-state index contributed by atoms with van der Waals surface area (Å²) in [6.45, 7) is 0. The number of carbonyl (C=O) groups excluding carboxylic acids is 1. The lowest BCUT2D eigenvalue weighted by atomic mass is 10.3. The van der Waals surface area contributed by atoms with Gasteiger partial charge in [0.15, 0.2) is 0 Å². The molecule has 12 heavy (non-hydrogen) atoms. The van der Waals surface area contributed by atoms with Crippen molar-refractivity contribution in [2.45, 2.75) is 6.29 Å². The Morgan fingerprint density at radius 2 is 2.50 bits per heavy atom. The summed E-state index contributed by atoms with van der Waals surface area (Å²) < 4.78 is 0.411. The van der Waals surface area contributed by atoms with Crippen LogP contribution in [0.5, 0.6) is 0 Å². The Bertz CT molecular complexity index is 342. The van der Waals surface area contributed by atoms with Gasteiger partial charge in [-0.3, -0.25) is 10.5 Å². The highest BCUT2D eigenvalue weighted by Gasteiger charge is 2.36. The van der Waals surface area contributed by atoms with Crippen molar-refractivity contribution in [3.63, 3.8) is 0 Å². The Hall–Kier alpha value is -1.76. The number of fused-ring (bicyclic) bond motifs is 1. The largest absolute Gasteiger partial charge is 0.740 e. The van der Waals surface area contributed by atoms with Crippen molar-refractivity contribution < 1.29 is 9.53 Å². The van der Waals surface area contributed by atoms with E-state index in [1.54, 1.807) is 0 Å². The SMILES string of the molecule is NC1N=C2C(=NC=[N+]2[O-])C(=O)N1. The Morgan fingerprint density at radius 3 is 3.25 bits per heavy atom. The van der Waals surface area contributed by atoms with Crippen LogP contribution < -0.4 is 11.1 Å². The molecular formula is C5H5N5O2. The molecule has 2 rings (SSSR count). The van der Waals surface area contributed by atoms with Gasteiger partial charge < -0.3 is 10.5 Å². The molecule has 3 N–H and O–H groups in total. The first-order valence-corrected chi connectivity index (χ1v) is 3.20. The van der Waals surface area contributed by atoms with Crippen molar-refractivity contribution in [2.24, 2.45) is 15.7 Å². The molecule has 0 aromatic rings. The summed E-state index contributed by atoms with van der Waals surface area (Å²) in [6, 6.07) is 0.